The van der Waals surface area contributed by atoms with E-state index in [9.17, 15) is 31.1 Å². The summed E-state index contributed by atoms with van der Waals surface area (Å²) < 4.78 is 80.2. The van der Waals surface area contributed by atoms with Gasteiger partial charge in [0.1, 0.15) is 11.4 Å². The first kappa shape index (κ1) is 29.2. The zero-order valence-corrected chi connectivity index (χ0v) is 22.7. The number of aromatic nitrogens is 1. The molecule has 0 N–H and O–H groups in total. The molecule has 0 atom stereocenters. The number of carbonyl (C=O) groups excluding carboxylic acids is 1. The summed E-state index contributed by atoms with van der Waals surface area (Å²) in [4.78, 5) is 23.5. The van der Waals surface area contributed by atoms with Crippen LogP contribution in [-0.4, -0.2) is 66.3 Å². The van der Waals surface area contributed by atoms with E-state index >= 15 is 0 Å². The molecule has 3 aromatic rings. The smallest absolute Gasteiger partial charge is 0.406 e. The fourth-order valence-corrected chi connectivity index (χ4v) is 6.14. The maximum absolute atomic E-state index is 13.1. The third-order valence-corrected chi connectivity index (χ3v) is 8.35. The van der Waals surface area contributed by atoms with Gasteiger partial charge in [0.05, 0.1) is 10.6 Å². The van der Waals surface area contributed by atoms with Crippen LogP contribution in [0.3, 0.4) is 0 Å². The van der Waals surface area contributed by atoms with E-state index in [1.165, 1.54) is 29.5 Å². The van der Waals surface area contributed by atoms with Crippen molar-refractivity contribution in [2.45, 2.75) is 37.8 Å². The van der Waals surface area contributed by atoms with Gasteiger partial charge in [-0.2, -0.15) is 13.2 Å². The number of benzene rings is 2. The topological polar surface area (TPSA) is 48.9 Å². The second-order valence-electron chi connectivity index (χ2n) is 10.1. The number of thiazole rings is 1. The van der Waals surface area contributed by atoms with Crippen molar-refractivity contribution in [2.24, 2.45) is 0 Å². The van der Waals surface area contributed by atoms with Crippen molar-refractivity contribution in [3.8, 4) is 5.75 Å². The lowest BCUT2D eigenvalue weighted by Crippen LogP contribution is -2.49. The van der Waals surface area contributed by atoms with Crippen molar-refractivity contribution < 1.29 is 35.9 Å². The number of amides is 1. The highest BCUT2D eigenvalue weighted by Crippen LogP contribution is 2.33. The largest absolute Gasteiger partial charge is 0.573 e. The Morgan fingerprint density at radius 3 is 2.24 bits per heavy atom. The second kappa shape index (κ2) is 11.9. The van der Waals surface area contributed by atoms with Crippen LogP contribution in [0.25, 0.3) is 0 Å². The van der Waals surface area contributed by atoms with Crippen LogP contribution in [0.2, 0.25) is 0 Å². The number of alkyl halides is 6. The summed E-state index contributed by atoms with van der Waals surface area (Å²) in [6.07, 6.45) is -7.41. The number of hydrogen-bond acceptors (Lipinski definition) is 6. The van der Waals surface area contributed by atoms with Gasteiger partial charge in [-0.3, -0.25) is 9.69 Å². The van der Waals surface area contributed by atoms with E-state index in [-0.39, 0.29) is 17.6 Å². The Morgan fingerprint density at radius 1 is 0.927 bits per heavy atom. The summed E-state index contributed by atoms with van der Waals surface area (Å²) in [5.74, 6) is -0.198. The Labute approximate surface area is 237 Å². The van der Waals surface area contributed by atoms with Crippen LogP contribution in [0, 0.1) is 0 Å². The number of nitrogens with zero attached hydrogens (tertiary/aromatic N) is 4. The van der Waals surface area contributed by atoms with E-state index in [0.29, 0.717) is 44.1 Å². The molecule has 0 unspecified atom stereocenters. The van der Waals surface area contributed by atoms with Crippen molar-refractivity contribution in [2.75, 3.05) is 44.2 Å². The monoisotopic (exact) mass is 598 g/mol. The van der Waals surface area contributed by atoms with Crippen LogP contribution in [-0.2, 0) is 12.7 Å². The summed E-state index contributed by atoms with van der Waals surface area (Å²) in [5.41, 5.74) is 1.08. The number of hydrogen-bond donors (Lipinski definition) is 0. The Kier molecular flexibility index (Phi) is 8.46. The lowest BCUT2D eigenvalue weighted by atomic mass is 9.97. The summed E-state index contributed by atoms with van der Waals surface area (Å²) in [7, 11) is 0. The van der Waals surface area contributed by atoms with Gasteiger partial charge in [-0.15, -0.1) is 24.5 Å². The first-order valence-electron chi connectivity index (χ1n) is 13.2. The number of halogens is 6. The maximum Gasteiger partial charge on any atom is 0.573 e. The lowest BCUT2D eigenvalue weighted by molar-refractivity contribution is -0.274. The molecule has 2 aliphatic heterocycles. The number of likely N-dealkylation sites (tertiary alicyclic amines) is 1. The Bertz CT molecular complexity index is 1330. The highest BCUT2D eigenvalue weighted by molar-refractivity contribution is 7.09. The van der Waals surface area contributed by atoms with Crippen LogP contribution >= 0.6 is 11.3 Å². The van der Waals surface area contributed by atoms with Gasteiger partial charge in [-0.05, 0) is 61.8 Å². The predicted molar refractivity (Wildman–Crippen MR) is 142 cm³/mol. The van der Waals surface area contributed by atoms with E-state index in [0.717, 1.165) is 48.6 Å². The minimum absolute atomic E-state index is 0.174. The predicted octanol–water partition coefficient (Wildman–Crippen LogP) is 6.40. The summed E-state index contributed by atoms with van der Waals surface area (Å²) in [6, 6.07) is 11.1. The molecule has 2 aromatic carbocycles. The average molecular weight is 599 g/mol. The average Bonchev–Trinajstić information content (AvgIpc) is 3.44. The van der Waals surface area contributed by atoms with E-state index in [1.807, 2.05) is 4.90 Å². The van der Waals surface area contributed by atoms with Crippen molar-refractivity contribution in [1.29, 1.82) is 0 Å². The molecule has 0 spiro atoms. The second-order valence-corrected chi connectivity index (χ2v) is 11.0. The number of carbonyl (C=O) groups is 1. The molecule has 2 aliphatic rings. The van der Waals surface area contributed by atoms with Crippen LogP contribution in [0.15, 0.2) is 53.9 Å². The highest BCUT2D eigenvalue weighted by Gasteiger charge is 2.32. The normalized spacial score (nSPS) is 17.6. The molecule has 41 heavy (non-hydrogen) atoms. The van der Waals surface area contributed by atoms with Crippen molar-refractivity contribution in [3.63, 3.8) is 0 Å². The van der Waals surface area contributed by atoms with Gasteiger partial charge >= 0.3 is 12.5 Å². The van der Waals surface area contributed by atoms with Gasteiger partial charge in [0.2, 0.25) is 0 Å². The molecule has 6 nitrogen and oxygen atoms in total. The number of ether oxygens (including phenoxy) is 1. The fraction of sp³-hybridized carbons (Fsp3) is 0.429. The van der Waals surface area contributed by atoms with E-state index in [2.05, 4.69) is 14.6 Å². The summed E-state index contributed by atoms with van der Waals surface area (Å²) in [5, 5.41) is 2.68. The number of piperazine rings is 1. The summed E-state index contributed by atoms with van der Waals surface area (Å²) >= 11 is 1.46. The molecule has 0 aliphatic carbocycles. The molecule has 0 radical (unpaired) electrons. The van der Waals surface area contributed by atoms with Crippen molar-refractivity contribution >= 4 is 22.9 Å². The maximum atomic E-state index is 13.1. The quantitative estimate of drug-likeness (QED) is 0.308. The number of anilines is 1. The zero-order chi connectivity index (χ0) is 29.2. The van der Waals surface area contributed by atoms with Crippen LogP contribution < -0.4 is 9.64 Å². The standard InChI is InChI=1S/C28H28F6N4O2S/c29-27(30,31)21-2-1-3-22(16-21)37-12-14-38(15-13-37)26(39)24-18-41-25(35-24)20-8-10-36(11-9-20)17-19-4-6-23(7-5-19)40-28(32,33)34/h1-7,16,18,20H,8-15,17H2. The molecule has 2 fully saturated rings. The van der Waals surface area contributed by atoms with Crippen molar-refractivity contribution in [3.05, 3.63) is 75.7 Å². The molecule has 2 saturated heterocycles. The minimum Gasteiger partial charge on any atom is -0.406 e. The van der Waals surface area contributed by atoms with E-state index < -0.39 is 18.1 Å². The molecule has 5 rings (SSSR count). The molecular weight excluding hydrogens is 570 g/mol. The van der Waals surface area contributed by atoms with Gasteiger partial charge in [-0.25, -0.2) is 4.98 Å². The van der Waals surface area contributed by atoms with Gasteiger partial charge in [0.15, 0.2) is 0 Å². The summed E-state index contributed by atoms with van der Waals surface area (Å²) in [6.45, 7) is 3.86. The van der Waals surface area contributed by atoms with Gasteiger partial charge < -0.3 is 14.5 Å². The fourth-order valence-electron chi connectivity index (χ4n) is 5.17. The molecule has 0 bridgehead atoms. The molecule has 1 amide bonds. The third-order valence-electron chi connectivity index (χ3n) is 7.35. The zero-order valence-electron chi connectivity index (χ0n) is 21.9. The van der Waals surface area contributed by atoms with Gasteiger partial charge in [0.25, 0.3) is 5.91 Å². The molecule has 13 heteroatoms. The highest BCUT2D eigenvalue weighted by atomic mass is 32.1. The van der Waals surface area contributed by atoms with Gasteiger partial charge in [-0.1, -0.05) is 18.2 Å². The molecule has 3 heterocycles. The van der Waals surface area contributed by atoms with Crippen LogP contribution in [0.5, 0.6) is 5.75 Å². The SMILES string of the molecule is O=C(c1csc(C2CCN(Cc3ccc(OC(F)(F)F)cc3)CC2)n1)N1CCN(c2cccc(C(F)(F)F)c2)CC1. The van der Waals surface area contributed by atoms with Crippen LogP contribution in [0.1, 0.15) is 45.4 Å². The van der Waals surface area contributed by atoms with E-state index in [1.54, 1.807) is 28.5 Å². The Balaban J connectivity index is 1.10. The number of piperidine rings is 1. The molecule has 220 valence electrons. The lowest BCUT2D eigenvalue weighted by Gasteiger charge is -2.36. The first-order chi connectivity index (χ1) is 19.4. The van der Waals surface area contributed by atoms with Crippen molar-refractivity contribution in [1.82, 2.24) is 14.8 Å². The minimum atomic E-state index is -4.71. The third kappa shape index (κ3) is 7.50. The van der Waals surface area contributed by atoms with E-state index in [4.69, 9.17) is 0 Å². The molecular formula is C28H28F6N4O2S. The molecule has 0 saturated carbocycles. The Hall–Kier alpha value is -3.32. The first-order valence-corrected chi connectivity index (χ1v) is 14.1. The Morgan fingerprint density at radius 2 is 1.61 bits per heavy atom. The number of rotatable bonds is 6. The van der Waals surface area contributed by atoms with Gasteiger partial charge in [0, 0.05) is 49.7 Å². The molecule has 1 aromatic heterocycles. The van der Waals surface area contributed by atoms with Crippen LogP contribution in [0.4, 0.5) is 32.0 Å².